The van der Waals surface area contributed by atoms with Crippen molar-refractivity contribution in [3.63, 3.8) is 0 Å². The molecule has 0 unspecified atom stereocenters. The van der Waals surface area contributed by atoms with Gasteiger partial charge in [-0.1, -0.05) is 27.7 Å². The number of anilines is 2. The summed E-state index contributed by atoms with van der Waals surface area (Å²) in [6.07, 6.45) is 2.18. The van der Waals surface area contributed by atoms with E-state index in [-0.39, 0.29) is 5.95 Å². The zero-order chi connectivity index (χ0) is 15.8. The Morgan fingerprint density at radius 2 is 1.57 bits per heavy atom. The molecule has 120 valence electrons. The molecule has 0 amide bonds. The third kappa shape index (κ3) is 6.60. The molecule has 6 heteroatoms. The van der Waals surface area contributed by atoms with E-state index in [0.29, 0.717) is 30.4 Å². The molecule has 1 heterocycles. The molecule has 1 rings (SSSR count). The zero-order valence-corrected chi connectivity index (χ0v) is 14.0. The lowest BCUT2D eigenvalue weighted by Crippen LogP contribution is -2.30. The Morgan fingerprint density at radius 1 is 1.00 bits per heavy atom. The van der Waals surface area contributed by atoms with Crippen molar-refractivity contribution in [2.24, 2.45) is 11.8 Å². The third-order valence-electron chi connectivity index (χ3n) is 3.13. The fourth-order valence-corrected chi connectivity index (χ4v) is 1.84. The zero-order valence-electron chi connectivity index (χ0n) is 14.0. The second kappa shape index (κ2) is 8.64. The molecule has 0 spiro atoms. The van der Waals surface area contributed by atoms with Gasteiger partial charge in [-0.2, -0.15) is 15.0 Å². The maximum Gasteiger partial charge on any atom is 0.323 e. The van der Waals surface area contributed by atoms with E-state index in [0.717, 1.165) is 25.9 Å². The largest absolute Gasteiger partial charge is 0.464 e. The van der Waals surface area contributed by atoms with Crippen molar-refractivity contribution in [3.05, 3.63) is 0 Å². The van der Waals surface area contributed by atoms with Crippen LogP contribution in [0.5, 0.6) is 6.01 Å². The summed E-state index contributed by atoms with van der Waals surface area (Å²) in [6, 6.07) is 0.305. The van der Waals surface area contributed by atoms with Crippen molar-refractivity contribution in [2.45, 2.75) is 47.5 Å². The molecule has 0 aliphatic rings. The van der Waals surface area contributed by atoms with Gasteiger partial charge in [0, 0.05) is 13.1 Å². The number of nitrogens with two attached hydrogens (primary N) is 1. The topological polar surface area (TPSA) is 77.2 Å². The Morgan fingerprint density at radius 3 is 2.05 bits per heavy atom. The molecule has 0 bridgehead atoms. The summed E-state index contributed by atoms with van der Waals surface area (Å²) in [7, 11) is 0. The minimum atomic E-state index is 0.211. The molecule has 0 aromatic carbocycles. The first kappa shape index (κ1) is 17.5. The molecule has 0 saturated carbocycles. The molecule has 0 fully saturated rings. The minimum Gasteiger partial charge on any atom is -0.464 e. The van der Waals surface area contributed by atoms with E-state index in [2.05, 4.69) is 47.5 Å². The van der Waals surface area contributed by atoms with Crippen LogP contribution in [0.25, 0.3) is 0 Å². The summed E-state index contributed by atoms with van der Waals surface area (Å²) in [5.74, 6) is 2.10. The lowest BCUT2D eigenvalue weighted by molar-refractivity contribution is 0.312. The van der Waals surface area contributed by atoms with Gasteiger partial charge in [-0.15, -0.1) is 0 Å². The molecule has 2 N–H and O–H groups in total. The maximum absolute atomic E-state index is 5.77. The summed E-state index contributed by atoms with van der Waals surface area (Å²) in [5.41, 5.74) is 5.77. The summed E-state index contributed by atoms with van der Waals surface area (Å²) in [5, 5.41) is 0. The highest BCUT2D eigenvalue weighted by Crippen LogP contribution is 2.16. The van der Waals surface area contributed by atoms with Crippen LogP contribution >= 0.6 is 0 Å². The van der Waals surface area contributed by atoms with Crippen LogP contribution in [0.15, 0.2) is 0 Å². The fraction of sp³-hybridized carbons (Fsp3) is 0.800. The number of nitrogens with zero attached hydrogens (tertiary/aromatic N) is 4. The number of hydrogen-bond donors (Lipinski definition) is 1. The van der Waals surface area contributed by atoms with Crippen molar-refractivity contribution in [3.8, 4) is 6.01 Å². The van der Waals surface area contributed by atoms with Crippen LogP contribution < -0.4 is 15.4 Å². The second-order valence-electron chi connectivity index (χ2n) is 6.06. The molecule has 1 aromatic rings. The van der Waals surface area contributed by atoms with Crippen LogP contribution in [-0.4, -0.2) is 34.6 Å². The predicted octanol–water partition coefficient (Wildman–Crippen LogP) is 2.75. The highest BCUT2D eigenvalue weighted by atomic mass is 16.5. The highest BCUT2D eigenvalue weighted by molar-refractivity contribution is 5.35. The number of ether oxygens (including phenoxy) is 1. The Kier molecular flexibility index (Phi) is 7.19. The minimum absolute atomic E-state index is 0.211. The predicted molar refractivity (Wildman–Crippen MR) is 86.5 cm³/mol. The van der Waals surface area contributed by atoms with E-state index >= 15 is 0 Å². The number of hydrogen-bond acceptors (Lipinski definition) is 6. The average Bonchev–Trinajstić information content (AvgIpc) is 2.37. The van der Waals surface area contributed by atoms with Gasteiger partial charge in [0.2, 0.25) is 11.9 Å². The third-order valence-corrected chi connectivity index (χ3v) is 3.13. The first-order valence-electron chi connectivity index (χ1n) is 7.81. The molecule has 1 aromatic heterocycles. The van der Waals surface area contributed by atoms with Crippen LogP contribution in [0.1, 0.15) is 47.5 Å². The Hall–Kier alpha value is -1.59. The number of nitrogen functional groups attached to an aromatic ring is 1. The summed E-state index contributed by atoms with van der Waals surface area (Å²) >= 11 is 0. The van der Waals surface area contributed by atoms with Gasteiger partial charge in [-0.3, -0.25) is 0 Å². The Bertz CT molecular complexity index is 411. The van der Waals surface area contributed by atoms with Crippen LogP contribution in [0.4, 0.5) is 11.9 Å². The van der Waals surface area contributed by atoms with E-state index in [1.165, 1.54) is 0 Å². The number of rotatable bonds is 9. The Labute approximate surface area is 128 Å². The van der Waals surface area contributed by atoms with E-state index < -0.39 is 0 Å². The normalized spacial score (nSPS) is 11.2. The van der Waals surface area contributed by atoms with Gasteiger partial charge in [0.1, 0.15) is 0 Å². The summed E-state index contributed by atoms with van der Waals surface area (Å²) in [4.78, 5) is 14.8. The van der Waals surface area contributed by atoms with E-state index in [9.17, 15) is 0 Å². The van der Waals surface area contributed by atoms with Gasteiger partial charge < -0.3 is 15.4 Å². The van der Waals surface area contributed by atoms with Gasteiger partial charge in [-0.25, -0.2) is 0 Å². The molecule has 21 heavy (non-hydrogen) atoms. The molecule has 0 saturated heterocycles. The first-order chi connectivity index (χ1) is 9.92. The second-order valence-corrected chi connectivity index (χ2v) is 6.06. The molecule has 0 atom stereocenters. The van der Waals surface area contributed by atoms with Gasteiger partial charge in [0.05, 0.1) is 6.61 Å². The van der Waals surface area contributed by atoms with Gasteiger partial charge in [-0.05, 0) is 31.6 Å². The van der Waals surface area contributed by atoms with E-state index in [1.807, 2.05) is 6.92 Å². The fourth-order valence-electron chi connectivity index (χ4n) is 1.84. The quantitative estimate of drug-likeness (QED) is 0.755. The average molecular weight is 295 g/mol. The monoisotopic (exact) mass is 295 g/mol. The highest BCUT2D eigenvalue weighted by Gasteiger charge is 2.14. The van der Waals surface area contributed by atoms with Crippen LogP contribution in [0.2, 0.25) is 0 Å². The van der Waals surface area contributed by atoms with Gasteiger partial charge in [0.25, 0.3) is 0 Å². The SMILES string of the molecule is CCOc1nc(N)nc(N(CCC(C)C)CCC(C)C)n1. The van der Waals surface area contributed by atoms with Crippen LogP contribution in [0, 0.1) is 11.8 Å². The van der Waals surface area contributed by atoms with Crippen molar-refractivity contribution >= 4 is 11.9 Å². The summed E-state index contributed by atoms with van der Waals surface area (Å²) in [6.45, 7) is 13.1. The Balaban J connectivity index is 2.88. The summed E-state index contributed by atoms with van der Waals surface area (Å²) < 4.78 is 5.36. The van der Waals surface area contributed by atoms with Crippen LogP contribution in [-0.2, 0) is 0 Å². The van der Waals surface area contributed by atoms with Crippen molar-refractivity contribution in [1.29, 1.82) is 0 Å². The lowest BCUT2D eigenvalue weighted by Gasteiger charge is -2.24. The van der Waals surface area contributed by atoms with E-state index in [1.54, 1.807) is 0 Å². The van der Waals surface area contributed by atoms with Crippen molar-refractivity contribution in [1.82, 2.24) is 15.0 Å². The van der Waals surface area contributed by atoms with Gasteiger partial charge >= 0.3 is 6.01 Å². The van der Waals surface area contributed by atoms with Crippen LogP contribution in [0.3, 0.4) is 0 Å². The smallest absolute Gasteiger partial charge is 0.323 e. The van der Waals surface area contributed by atoms with Crippen molar-refractivity contribution < 1.29 is 4.74 Å². The van der Waals surface area contributed by atoms with E-state index in [4.69, 9.17) is 10.5 Å². The van der Waals surface area contributed by atoms with Crippen molar-refractivity contribution in [2.75, 3.05) is 30.3 Å². The standard InChI is InChI=1S/C15H29N5O/c1-6-21-15-18-13(16)17-14(19-15)20(9-7-11(2)3)10-8-12(4)5/h11-12H,6-10H2,1-5H3,(H2,16,17,18,19). The molecule has 0 radical (unpaired) electrons. The first-order valence-corrected chi connectivity index (χ1v) is 7.81. The maximum atomic E-state index is 5.77. The lowest BCUT2D eigenvalue weighted by atomic mass is 10.1. The molecule has 0 aliphatic heterocycles. The molecule has 0 aliphatic carbocycles. The van der Waals surface area contributed by atoms with Gasteiger partial charge in [0.15, 0.2) is 0 Å². The number of aromatic nitrogens is 3. The molecular weight excluding hydrogens is 266 g/mol. The molecule has 6 nitrogen and oxygen atoms in total. The molecular formula is C15H29N5O.